The number of aromatic nitrogens is 2. The first-order valence-corrected chi connectivity index (χ1v) is 6.88. The van der Waals surface area contributed by atoms with Crippen molar-refractivity contribution in [1.29, 1.82) is 0 Å². The van der Waals surface area contributed by atoms with Gasteiger partial charge in [0.25, 0.3) is 5.19 Å². The first-order valence-electron chi connectivity index (χ1n) is 5.69. The lowest BCUT2D eigenvalue weighted by Crippen LogP contribution is -2.11. The van der Waals surface area contributed by atoms with Gasteiger partial charge < -0.3 is 10.1 Å². The highest BCUT2D eigenvalue weighted by atomic mass is 35.5. The van der Waals surface area contributed by atoms with Gasteiger partial charge >= 0.3 is 0 Å². The van der Waals surface area contributed by atoms with Crippen LogP contribution in [0.4, 0.5) is 0 Å². The second-order valence-corrected chi connectivity index (χ2v) is 5.05. The Hall–Kier alpha value is -1.17. The molecule has 0 spiro atoms. The van der Waals surface area contributed by atoms with Crippen LogP contribution in [0.25, 0.3) is 0 Å². The van der Waals surface area contributed by atoms with Crippen LogP contribution in [0.2, 0.25) is 5.02 Å². The van der Waals surface area contributed by atoms with Crippen molar-refractivity contribution >= 4 is 22.9 Å². The van der Waals surface area contributed by atoms with Gasteiger partial charge in [0.2, 0.25) is 0 Å². The smallest absolute Gasteiger partial charge is 0.294 e. The molecule has 0 atom stereocenters. The fourth-order valence-electron chi connectivity index (χ4n) is 1.35. The standard InChI is InChI=1S/C12H14ClN3OS/c1-2-14-7-11-15-16-12(18-11)17-8-9-5-3-4-6-10(9)13/h3-6,14H,2,7-8H2,1H3. The Morgan fingerprint density at radius 1 is 1.33 bits per heavy atom. The molecule has 1 aromatic heterocycles. The molecule has 0 fully saturated rings. The molecule has 96 valence electrons. The minimum atomic E-state index is 0.412. The summed E-state index contributed by atoms with van der Waals surface area (Å²) in [7, 11) is 0. The van der Waals surface area contributed by atoms with Gasteiger partial charge in [-0.3, -0.25) is 0 Å². The quantitative estimate of drug-likeness (QED) is 0.885. The Morgan fingerprint density at radius 3 is 2.94 bits per heavy atom. The molecule has 0 aliphatic carbocycles. The molecule has 1 heterocycles. The van der Waals surface area contributed by atoms with E-state index in [0.29, 0.717) is 16.8 Å². The first-order chi connectivity index (χ1) is 8.79. The summed E-state index contributed by atoms with van der Waals surface area (Å²) in [6.45, 7) is 4.10. The van der Waals surface area contributed by atoms with Crippen LogP contribution < -0.4 is 10.1 Å². The lowest BCUT2D eigenvalue weighted by Gasteiger charge is -2.03. The van der Waals surface area contributed by atoms with E-state index in [9.17, 15) is 0 Å². The summed E-state index contributed by atoms with van der Waals surface area (Å²) in [5, 5.41) is 13.4. The molecule has 18 heavy (non-hydrogen) atoms. The molecule has 2 aromatic rings. The highest BCUT2D eigenvalue weighted by molar-refractivity contribution is 7.13. The molecule has 0 aliphatic rings. The molecular formula is C12H14ClN3OS. The third-order valence-electron chi connectivity index (χ3n) is 2.28. The van der Waals surface area contributed by atoms with Crippen molar-refractivity contribution in [3.05, 3.63) is 39.9 Å². The van der Waals surface area contributed by atoms with Crippen molar-refractivity contribution in [2.45, 2.75) is 20.1 Å². The van der Waals surface area contributed by atoms with Crippen molar-refractivity contribution in [2.24, 2.45) is 0 Å². The summed E-state index contributed by atoms with van der Waals surface area (Å²) >= 11 is 7.49. The molecule has 0 aliphatic heterocycles. The molecule has 0 bridgehead atoms. The third kappa shape index (κ3) is 3.66. The second kappa shape index (κ2) is 6.68. The van der Waals surface area contributed by atoms with Crippen LogP contribution in [0.1, 0.15) is 17.5 Å². The summed E-state index contributed by atoms with van der Waals surface area (Å²) in [6, 6.07) is 7.60. The Bertz CT molecular complexity index is 504. The van der Waals surface area contributed by atoms with Crippen LogP contribution in [-0.4, -0.2) is 16.7 Å². The van der Waals surface area contributed by atoms with Crippen molar-refractivity contribution < 1.29 is 4.74 Å². The van der Waals surface area contributed by atoms with E-state index in [1.807, 2.05) is 24.3 Å². The van der Waals surface area contributed by atoms with Gasteiger partial charge in [-0.1, -0.05) is 53.2 Å². The Balaban J connectivity index is 1.90. The molecule has 0 saturated carbocycles. The zero-order chi connectivity index (χ0) is 12.8. The van der Waals surface area contributed by atoms with Crippen LogP contribution in [0, 0.1) is 0 Å². The summed E-state index contributed by atoms with van der Waals surface area (Å²) in [4.78, 5) is 0. The molecule has 0 saturated heterocycles. The number of hydrogen-bond acceptors (Lipinski definition) is 5. The van der Waals surface area contributed by atoms with Gasteiger partial charge in [0.15, 0.2) is 0 Å². The van der Waals surface area contributed by atoms with Gasteiger partial charge in [-0.05, 0) is 12.6 Å². The summed E-state index contributed by atoms with van der Waals surface area (Å²) in [6.07, 6.45) is 0. The average Bonchev–Trinajstić information content (AvgIpc) is 2.83. The zero-order valence-corrected chi connectivity index (χ0v) is 11.6. The largest absolute Gasteiger partial charge is 0.464 e. The maximum atomic E-state index is 6.04. The van der Waals surface area contributed by atoms with Crippen molar-refractivity contribution in [3.8, 4) is 5.19 Å². The maximum Gasteiger partial charge on any atom is 0.294 e. The minimum absolute atomic E-state index is 0.412. The highest BCUT2D eigenvalue weighted by Gasteiger charge is 2.06. The molecule has 2 rings (SSSR count). The Kier molecular flexibility index (Phi) is 4.92. The molecule has 1 N–H and O–H groups in total. The number of halogens is 1. The lowest BCUT2D eigenvalue weighted by molar-refractivity contribution is 0.302. The summed E-state index contributed by atoms with van der Waals surface area (Å²) in [5.41, 5.74) is 0.947. The van der Waals surface area contributed by atoms with Gasteiger partial charge in [-0.2, -0.15) is 0 Å². The van der Waals surface area contributed by atoms with Crippen LogP contribution in [0.3, 0.4) is 0 Å². The van der Waals surface area contributed by atoms with Crippen LogP contribution in [0.15, 0.2) is 24.3 Å². The van der Waals surface area contributed by atoms with Crippen LogP contribution >= 0.6 is 22.9 Å². The fourth-order valence-corrected chi connectivity index (χ4v) is 2.20. The number of ether oxygens (including phenoxy) is 1. The van der Waals surface area contributed by atoms with Crippen LogP contribution in [0.5, 0.6) is 5.19 Å². The SMILES string of the molecule is CCNCc1nnc(OCc2ccccc2Cl)s1. The van der Waals surface area contributed by atoms with Crippen molar-refractivity contribution in [1.82, 2.24) is 15.5 Å². The van der Waals surface area contributed by atoms with Crippen LogP contribution in [-0.2, 0) is 13.2 Å². The van der Waals surface area contributed by atoms with E-state index in [0.717, 1.165) is 23.7 Å². The molecule has 1 aromatic carbocycles. The topological polar surface area (TPSA) is 47.0 Å². The van der Waals surface area contributed by atoms with Gasteiger partial charge in [-0.25, -0.2) is 0 Å². The number of nitrogens with zero attached hydrogens (tertiary/aromatic N) is 2. The molecule has 0 amide bonds. The van der Waals surface area contributed by atoms with Gasteiger partial charge in [-0.15, -0.1) is 5.10 Å². The van der Waals surface area contributed by atoms with E-state index in [2.05, 4.69) is 22.4 Å². The molecular weight excluding hydrogens is 270 g/mol. The lowest BCUT2D eigenvalue weighted by atomic mass is 10.2. The second-order valence-electron chi connectivity index (χ2n) is 3.62. The van der Waals surface area contributed by atoms with E-state index >= 15 is 0 Å². The van der Waals surface area contributed by atoms with Gasteiger partial charge in [0.05, 0.1) is 0 Å². The predicted molar refractivity (Wildman–Crippen MR) is 73.1 cm³/mol. The maximum absolute atomic E-state index is 6.04. The number of rotatable bonds is 6. The Morgan fingerprint density at radius 2 is 2.17 bits per heavy atom. The fraction of sp³-hybridized carbons (Fsp3) is 0.333. The third-order valence-corrected chi connectivity index (χ3v) is 3.49. The van der Waals surface area contributed by atoms with Gasteiger partial charge in [0, 0.05) is 17.1 Å². The first kappa shape index (κ1) is 13.3. The van der Waals surface area contributed by atoms with Gasteiger partial charge in [0.1, 0.15) is 11.6 Å². The number of benzene rings is 1. The average molecular weight is 284 g/mol. The summed E-state index contributed by atoms with van der Waals surface area (Å²) < 4.78 is 5.57. The van der Waals surface area contributed by atoms with E-state index in [1.54, 1.807) is 0 Å². The van der Waals surface area contributed by atoms with Crippen molar-refractivity contribution in [2.75, 3.05) is 6.54 Å². The predicted octanol–water partition coefficient (Wildman–Crippen LogP) is 2.88. The number of nitrogens with one attached hydrogen (secondary N) is 1. The molecule has 6 heteroatoms. The number of hydrogen-bond donors (Lipinski definition) is 1. The van der Waals surface area contributed by atoms with E-state index in [1.165, 1.54) is 11.3 Å². The van der Waals surface area contributed by atoms with Crippen molar-refractivity contribution in [3.63, 3.8) is 0 Å². The normalized spacial score (nSPS) is 10.6. The molecule has 4 nitrogen and oxygen atoms in total. The van der Waals surface area contributed by atoms with E-state index < -0.39 is 0 Å². The van der Waals surface area contributed by atoms with E-state index in [-0.39, 0.29) is 0 Å². The zero-order valence-electron chi connectivity index (χ0n) is 10.0. The van der Waals surface area contributed by atoms with E-state index in [4.69, 9.17) is 16.3 Å². The molecule has 0 unspecified atom stereocenters. The Labute approximate surface area is 115 Å². The molecule has 0 radical (unpaired) electrons. The summed E-state index contributed by atoms with van der Waals surface area (Å²) in [5.74, 6) is 0. The monoisotopic (exact) mass is 283 g/mol. The minimum Gasteiger partial charge on any atom is -0.464 e. The highest BCUT2D eigenvalue weighted by Crippen LogP contribution is 2.21.